The van der Waals surface area contributed by atoms with E-state index >= 15 is 0 Å². The zero-order valence-electron chi connectivity index (χ0n) is 17.6. The van der Waals surface area contributed by atoms with Crippen molar-refractivity contribution < 1.29 is 28.9 Å². The number of tetrazole rings is 1. The standard InChI is InChI=1S/C22H21N5O6/c1-31-13-6-4-5-12(9-13)20-24-25-26-27(20)17-11-33-18-16(10-32-19(17)18)23-21(28)14-7-2-3-8-15(14)22(29)30/h2-9,16-19H,10-11H2,1H3,(H,23,28)(H,29,30)/t16-,17-,18+,19+/m0/s1. The van der Waals surface area contributed by atoms with Crippen molar-refractivity contribution in [3.63, 3.8) is 0 Å². The Bertz CT molecular complexity index is 1200. The summed E-state index contributed by atoms with van der Waals surface area (Å²) >= 11 is 0. The quantitative estimate of drug-likeness (QED) is 0.566. The van der Waals surface area contributed by atoms with E-state index in [-0.39, 0.29) is 29.9 Å². The third kappa shape index (κ3) is 3.81. The van der Waals surface area contributed by atoms with Gasteiger partial charge in [0, 0.05) is 5.56 Å². The van der Waals surface area contributed by atoms with E-state index < -0.39 is 24.0 Å². The molecule has 1 amide bonds. The average Bonchev–Trinajstić information content (AvgIpc) is 3.56. The Hall–Kier alpha value is -3.83. The fraction of sp³-hybridized carbons (Fsp3) is 0.318. The highest BCUT2D eigenvalue weighted by Gasteiger charge is 2.50. The number of nitrogens with zero attached hydrogens (tertiary/aromatic N) is 4. The van der Waals surface area contributed by atoms with Crippen molar-refractivity contribution in [2.75, 3.05) is 20.3 Å². The van der Waals surface area contributed by atoms with Crippen LogP contribution < -0.4 is 10.1 Å². The molecule has 0 spiro atoms. The second kappa shape index (κ2) is 8.60. The summed E-state index contributed by atoms with van der Waals surface area (Å²) in [4.78, 5) is 24.2. The molecule has 2 aromatic carbocycles. The van der Waals surface area contributed by atoms with Crippen LogP contribution in [0.25, 0.3) is 11.4 Å². The molecule has 4 atom stereocenters. The fourth-order valence-corrected chi connectivity index (χ4v) is 4.30. The molecule has 5 rings (SSSR count). The molecule has 2 N–H and O–H groups in total. The van der Waals surface area contributed by atoms with Gasteiger partial charge in [-0.25, -0.2) is 9.48 Å². The highest BCUT2D eigenvalue weighted by atomic mass is 16.6. The minimum Gasteiger partial charge on any atom is -0.497 e. The van der Waals surface area contributed by atoms with Crippen molar-refractivity contribution in [3.05, 3.63) is 59.7 Å². The molecule has 33 heavy (non-hydrogen) atoms. The lowest BCUT2D eigenvalue weighted by Crippen LogP contribution is -2.44. The molecule has 0 unspecified atom stereocenters. The van der Waals surface area contributed by atoms with E-state index in [1.54, 1.807) is 23.9 Å². The van der Waals surface area contributed by atoms with Crippen molar-refractivity contribution in [1.82, 2.24) is 25.5 Å². The molecule has 0 bridgehead atoms. The summed E-state index contributed by atoms with van der Waals surface area (Å²) in [5, 5.41) is 24.4. The number of aromatic carboxylic acids is 1. The van der Waals surface area contributed by atoms with Gasteiger partial charge in [-0.05, 0) is 34.7 Å². The van der Waals surface area contributed by atoms with Crippen LogP contribution in [0.1, 0.15) is 26.8 Å². The first kappa shape index (κ1) is 21.0. The van der Waals surface area contributed by atoms with Crippen LogP contribution in [0.15, 0.2) is 48.5 Å². The second-order valence-electron chi connectivity index (χ2n) is 7.77. The van der Waals surface area contributed by atoms with Gasteiger partial charge in [0.2, 0.25) is 0 Å². The topological polar surface area (TPSA) is 138 Å². The molecule has 2 aliphatic heterocycles. The third-order valence-corrected chi connectivity index (χ3v) is 5.88. The third-order valence-electron chi connectivity index (χ3n) is 5.88. The summed E-state index contributed by atoms with van der Waals surface area (Å²) in [5.41, 5.74) is 0.812. The predicted octanol–water partition coefficient (Wildman–Crippen LogP) is 1.18. The van der Waals surface area contributed by atoms with Gasteiger partial charge in [-0.3, -0.25) is 4.79 Å². The first-order chi connectivity index (χ1) is 16.1. The minimum atomic E-state index is -1.16. The van der Waals surface area contributed by atoms with Gasteiger partial charge in [0.15, 0.2) is 5.82 Å². The largest absolute Gasteiger partial charge is 0.497 e. The molecule has 0 saturated carbocycles. The van der Waals surface area contributed by atoms with Crippen molar-refractivity contribution in [2.45, 2.75) is 24.3 Å². The number of hydrogen-bond donors (Lipinski definition) is 2. The van der Waals surface area contributed by atoms with E-state index in [0.29, 0.717) is 18.2 Å². The Morgan fingerprint density at radius 1 is 1.09 bits per heavy atom. The van der Waals surface area contributed by atoms with E-state index in [2.05, 4.69) is 20.8 Å². The Labute approximate surface area is 188 Å². The highest BCUT2D eigenvalue weighted by molar-refractivity contribution is 6.04. The highest BCUT2D eigenvalue weighted by Crippen LogP contribution is 2.36. The summed E-state index contributed by atoms with van der Waals surface area (Å²) in [6.45, 7) is 0.527. The number of amides is 1. The number of aromatic nitrogens is 4. The molecule has 2 saturated heterocycles. The van der Waals surface area contributed by atoms with E-state index in [1.165, 1.54) is 12.1 Å². The molecule has 11 heteroatoms. The lowest BCUT2D eigenvalue weighted by molar-refractivity contribution is 0.0613. The van der Waals surface area contributed by atoms with Gasteiger partial charge in [0.25, 0.3) is 5.91 Å². The van der Waals surface area contributed by atoms with Crippen molar-refractivity contribution in [3.8, 4) is 17.1 Å². The van der Waals surface area contributed by atoms with E-state index in [4.69, 9.17) is 14.2 Å². The van der Waals surface area contributed by atoms with Gasteiger partial charge >= 0.3 is 5.97 Å². The number of nitrogens with one attached hydrogen (secondary N) is 1. The number of carboxylic acids is 1. The van der Waals surface area contributed by atoms with E-state index in [9.17, 15) is 14.7 Å². The Morgan fingerprint density at radius 2 is 1.88 bits per heavy atom. The van der Waals surface area contributed by atoms with Gasteiger partial charge in [-0.15, -0.1) is 5.10 Å². The lowest BCUT2D eigenvalue weighted by Gasteiger charge is -2.18. The van der Waals surface area contributed by atoms with Gasteiger partial charge in [-0.1, -0.05) is 24.3 Å². The zero-order valence-corrected chi connectivity index (χ0v) is 17.6. The Balaban J connectivity index is 1.34. The van der Waals surface area contributed by atoms with Gasteiger partial charge < -0.3 is 24.6 Å². The monoisotopic (exact) mass is 451 g/mol. The number of benzene rings is 2. The lowest BCUT2D eigenvalue weighted by atomic mass is 10.0. The van der Waals surface area contributed by atoms with Gasteiger partial charge in [0.05, 0.1) is 37.5 Å². The molecule has 3 aromatic rings. The maximum atomic E-state index is 12.8. The van der Waals surface area contributed by atoms with Gasteiger partial charge in [0.1, 0.15) is 24.0 Å². The number of fused-ring (bicyclic) bond motifs is 1. The number of methoxy groups -OCH3 is 1. The molecule has 2 aliphatic rings. The molecule has 170 valence electrons. The van der Waals surface area contributed by atoms with Crippen LogP contribution in [0.4, 0.5) is 0 Å². The molecule has 2 fully saturated rings. The van der Waals surface area contributed by atoms with Crippen LogP contribution >= 0.6 is 0 Å². The predicted molar refractivity (Wildman–Crippen MR) is 113 cm³/mol. The summed E-state index contributed by atoms with van der Waals surface area (Å²) in [7, 11) is 1.59. The van der Waals surface area contributed by atoms with Crippen molar-refractivity contribution in [1.29, 1.82) is 0 Å². The Kier molecular flexibility index (Phi) is 5.48. The van der Waals surface area contributed by atoms with Crippen molar-refractivity contribution >= 4 is 11.9 Å². The van der Waals surface area contributed by atoms with Crippen LogP contribution in [0.2, 0.25) is 0 Å². The van der Waals surface area contributed by atoms with Crippen LogP contribution in [0.3, 0.4) is 0 Å². The Morgan fingerprint density at radius 3 is 2.67 bits per heavy atom. The summed E-state index contributed by atoms with van der Waals surface area (Å²) < 4.78 is 18.9. The van der Waals surface area contributed by atoms with Gasteiger partial charge in [-0.2, -0.15) is 0 Å². The van der Waals surface area contributed by atoms with Crippen LogP contribution in [-0.2, 0) is 9.47 Å². The number of carbonyl (C=O) groups excluding carboxylic acids is 1. The summed E-state index contributed by atoms with van der Waals surface area (Å²) in [6, 6.07) is 12.8. The second-order valence-corrected chi connectivity index (χ2v) is 7.77. The molecule has 1 aromatic heterocycles. The van der Waals surface area contributed by atoms with Crippen LogP contribution in [-0.4, -0.2) is 75.8 Å². The number of hydrogen-bond acceptors (Lipinski definition) is 8. The maximum Gasteiger partial charge on any atom is 0.336 e. The number of carboxylic acid groups (broad SMARTS) is 1. The maximum absolute atomic E-state index is 12.8. The smallest absolute Gasteiger partial charge is 0.336 e. The average molecular weight is 451 g/mol. The number of rotatable bonds is 6. The molecule has 0 radical (unpaired) electrons. The molecular weight excluding hydrogens is 430 g/mol. The van der Waals surface area contributed by atoms with E-state index in [0.717, 1.165) is 5.56 Å². The number of carbonyl (C=O) groups is 2. The molecule has 11 nitrogen and oxygen atoms in total. The number of ether oxygens (including phenoxy) is 3. The molecule has 0 aliphatic carbocycles. The first-order valence-electron chi connectivity index (χ1n) is 10.4. The normalized spacial score (nSPS) is 23.8. The molecular formula is C22H21N5O6. The SMILES string of the molecule is COc1cccc(-c2nnnn2[C@H]2CO[C@H]3[C@@H]2OC[C@@H]3NC(=O)c2ccccc2C(=O)O)c1. The first-order valence-corrected chi connectivity index (χ1v) is 10.4. The minimum absolute atomic E-state index is 0.0627. The van der Waals surface area contributed by atoms with Crippen LogP contribution in [0.5, 0.6) is 5.75 Å². The van der Waals surface area contributed by atoms with E-state index in [1.807, 2.05) is 24.3 Å². The zero-order chi connectivity index (χ0) is 22.9. The summed E-state index contributed by atoms with van der Waals surface area (Å²) in [6.07, 6.45) is -0.795. The fourth-order valence-electron chi connectivity index (χ4n) is 4.30. The van der Waals surface area contributed by atoms with Crippen molar-refractivity contribution in [2.24, 2.45) is 0 Å². The summed E-state index contributed by atoms with van der Waals surface area (Å²) in [5.74, 6) is -0.422. The van der Waals surface area contributed by atoms with Crippen LogP contribution in [0, 0.1) is 0 Å². The molecule has 3 heterocycles.